The topological polar surface area (TPSA) is 113 Å². The number of unbranched alkanes of at least 4 members (excludes halogenated alkanes) is 1. The molecule has 0 radical (unpaired) electrons. The van der Waals surface area contributed by atoms with Crippen LogP contribution in [0.4, 0.5) is 4.79 Å². The van der Waals surface area contributed by atoms with Crippen molar-refractivity contribution in [3.05, 3.63) is 71.3 Å². The van der Waals surface area contributed by atoms with Gasteiger partial charge in [0, 0.05) is 57.9 Å². The number of nitrogens with zero attached hydrogens (tertiary/aromatic N) is 2. The molecule has 1 saturated carbocycles. The van der Waals surface area contributed by atoms with E-state index in [1.54, 1.807) is 18.2 Å². The molecule has 1 heterocycles. The fourth-order valence-electron chi connectivity index (χ4n) is 6.39. The second-order valence-electron chi connectivity index (χ2n) is 12.2. The van der Waals surface area contributed by atoms with E-state index in [-0.39, 0.29) is 23.2 Å². The van der Waals surface area contributed by atoms with Gasteiger partial charge in [0.15, 0.2) is 5.78 Å². The Labute approximate surface area is 269 Å². The lowest BCUT2D eigenvalue weighted by molar-refractivity contribution is -0.140. The summed E-state index contributed by atoms with van der Waals surface area (Å²) in [6.45, 7) is 8.25. The lowest BCUT2D eigenvalue weighted by Crippen LogP contribution is -2.26. The van der Waals surface area contributed by atoms with E-state index in [4.69, 9.17) is 14.3 Å². The summed E-state index contributed by atoms with van der Waals surface area (Å²) in [4.78, 5) is 55.9. The first kappa shape index (κ1) is 32.9. The Hall–Kier alpha value is -4.53. The molecule has 0 bridgehead atoms. The molecule has 2 aromatic carbocycles. The fourth-order valence-corrected chi connectivity index (χ4v) is 6.39. The van der Waals surface area contributed by atoms with Crippen LogP contribution in [-0.2, 0) is 25.7 Å². The van der Waals surface area contributed by atoms with E-state index in [9.17, 15) is 19.2 Å². The molecule has 9 nitrogen and oxygen atoms in total. The summed E-state index contributed by atoms with van der Waals surface area (Å²) in [6, 6.07) is 11.2. The normalized spacial score (nSPS) is 18.5. The van der Waals surface area contributed by atoms with Crippen molar-refractivity contribution in [2.45, 2.75) is 85.3 Å². The Bertz CT molecular complexity index is 1740. The maximum atomic E-state index is 13.7. The number of oxime groups is 1. The first-order chi connectivity index (χ1) is 22.2. The summed E-state index contributed by atoms with van der Waals surface area (Å²) < 4.78 is 12.7. The molecule has 0 amide bonds. The van der Waals surface area contributed by atoms with Crippen molar-refractivity contribution in [3.63, 3.8) is 0 Å². The Morgan fingerprint density at radius 3 is 2.26 bits per heavy atom. The minimum atomic E-state index is -0.711. The van der Waals surface area contributed by atoms with Crippen LogP contribution in [0.1, 0.15) is 93.4 Å². The third-order valence-corrected chi connectivity index (χ3v) is 8.85. The predicted molar refractivity (Wildman–Crippen MR) is 177 cm³/mol. The van der Waals surface area contributed by atoms with Gasteiger partial charge >= 0.3 is 12.1 Å². The number of aromatic nitrogens is 1. The molecular weight excluding hydrogens is 584 g/mol. The van der Waals surface area contributed by atoms with Crippen molar-refractivity contribution in [1.29, 1.82) is 0 Å². The minimum absolute atomic E-state index is 0.147. The monoisotopic (exact) mass is 626 g/mol. The van der Waals surface area contributed by atoms with Crippen LogP contribution in [0, 0.1) is 11.8 Å². The third kappa shape index (κ3) is 7.30. The number of Topliss-reactive ketones (excluding diaryl/α,β-unsaturated/α-hetero) is 2. The molecule has 242 valence electrons. The molecule has 0 spiro atoms. The highest BCUT2D eigenvalue weighted by molar-refractivity contribution is 6.46. The van der Waals surface area contributed by atoms with Gasteiger partial charge in [-0.3, -0.25) is 9.59 Å². The number of aryl methyl sites for hydroxylation is 1. The summed E-state index contributed by atoms with van der Waals surface area (Å²) in [7, 11) is 0. The molecule has 1 aromatic heterocycles. The summed E-state index contributed by atoms with van der Waals surface area (Å²) >= 11 is 0. The third-order valence-electron chi connectivity index (χ3n) is 8.85. The molecule has 5 rings (SSSR count). The summed E-state index contributed by atoms with van der Waals surface area (Å²) in [5.74, 6) is -0.859. The largest absolute Gasteiger partial charge is 0.508 e. The smallest absolute Gasteiger partial charge is 0.434 e. The average Bonchev–Trinajstić information content (AvgIpc) is 3.68. The van der Waals surface area contributed by atoms with Gasteiger partial charge in [0.05, 0.1) is 6.61 Å². The summed E-state index contributed by atoms with van der Waals surface area (Å²) in [6.07, 6.45) is 10.4. The van der Waals surface area contributed by atoms with Crippen molar-refractivity contribution in [3.8, 4) is 0 Å². The molecule has 9 heteroatoms. The van der Waals surface area contributed by atoms with E-state index >= 15 is 0 Å². The van der Waals surface area contributed by atoms with Gasteiger partial charge in [-0.15, -0.1) is 0 Å². The van der Waals surface area contributed by atoms with E-state index in [0.29, 0.717) is 42.2 Å². The van der Waals surface area contributed by atoms with Crippen molar-refractivity contribution in [2.24, 2.45) is 17.0 Å². The molecule has 2 atom stereocenters. The van der Waals surface area contributed by atoms with Gasteiger partial charge in [-0.2, -0.15) is 0 Å². The van der Waals surface area contributed by atoms with Crippen LogP contribution in [0.2, 0.25) is 0 Å². The number of benzene rings is 2. The average molecular weight is 627 g/mol. The molecular formula is C37H42N2O7. The maximum Gasteiger partial charge on any atom is 0.508 e. The molecule has 0 N–H and O–H groups in total. The maximum absolute atomic E-state index is 13.7. The van der Waals surface area contributed by atoms with Crippen LogP contribution >= 0.6 is 0 Å². The van der Waals surface area contributed by atoms with E-state index in [1.807, 2.05) is 50.3 Å². The second kappa shape index (κ2) is 14.7. The molecule has 46 heavy (non-hydrogen) atoms. The van der Waals surface area contributed by atoms with E-state index in [1.165, 1.54) is 6.92 Å². The standard InChI is InChI=1S/C37H42N2O7/c1-5-7-18-44-37(43)45-34-17-14-26(19-23(34)3)35(41)27-12-15-32-29(21-27)30-22-28(13-16-33(30)39(32)6-2)36(42)31(38-46-24(4)40)20-25-10-8-9-11-25/h12-17,19,21-23,25,34H,5-11,18,20H2,1-4H3/b38-31+. The fraction of sp³-hybridized carbons (Fsp3) is 0.432. The highest BCUT2D eigenvalue weighted by atomic mass is 16.7. The first-order valence-corrected chi connectivity index (χ1v) is 16.3. The van der Waals surface area contributed by atoms with Gasteiger partial charge in [-0.05, 0) is 68.2 Å². The van der Waals surface area contributed by atoms with E-state index in [2.05, 4.69) is 16.6 Å². The zero-order valence-corrected chi connectivity index (χ0v) is 27.0. The molecule has 0 aliphatic heterocycles. The van der Waals surface area contributed by atoms with Crippen molar-refractivity contribution >= 4 is 51.2 Å². The van der Waals surface area contributed by atoms with Crippen molar-refractivity contribution in [1.82, 2.24) is 4.57 Å². The number of rotatable bonds is 12. The molecule has 3 aromatic rings. The number of carbonyl (C=O) groups is 4. The second-order valence-corrected chi connectivity index (χ2v) is 12.2. The number of carbonyl (C=O) groups excluding carboxylic acids is 4. The van der Waals surface area contributed by atoms with Crippen LogP contribution in [-0.4, -0.2) is 46.7 Å². The van der Waals surface area contributed by atoms with E-state index < -0.39 is 18.2 Å². The van der Waals surface area contributed by atoms with Gasteiger partial charge in [-0.1, -0.05) is 63.3 Å². The Balaban J connectivity index is 1.42. The quantitative estimate of drug-likeness (QED) is 0.0498. The van der Waals surface area contributed by atoms with Crippen LogP contribution in [0.5, 0.6) is 0 Å². The Morgan fingerprint density at radius 1 is 0.957 bits per heavy atom. The van der Waals surface area contributed by atoms with Crippen LogP contribution in [0.15, 0.2) is 65.4 Å². The lowest BCUT2D eigenvalue weighted by Gasteiger charge is -2.22. The molecule has 2 unspecified atom stereocenters. The molecule has 0 saturated heterocycles. The number of fused-ring (bicyclic) bond motifs is 3. The van der Waals surface area contributed by atoms with Crippen LogP contribution in [0.25, 0.3) is 21.8 Å². The molecule has 1 fully saturated rings. The highest BCUT2D eigenvalue weighted by Gasteiger charge is 2.26. The van der Waals surface area contributed by atoms with Gasteiger partial charge in [0.1, 0.15) is 11.8 Å². The van der Waals surface area contributed by atoms with Crippen LogP contribution < -0.4 is 0 Å². The zero-order chi connectivity index (χ0) is 32.8. The predicted octanol–water partition coefficient (Wildman–Crippen LogP) is 8.13. The minimum Gasteiger partial charge on any atom is -0.434 e. The number of ether oxygens (including phenoxy) is 2. The zero-order valence-electron chi connectivity index (χ0n) is 27.0. The molecule has 2 aliphatic carbocycles. The molecule has 2 aliphatic rings. The SMILES string of the molecule is CCCCOC(=O)OC1C=CC(C(=O)c2ccc3c(c2)c2cc(C(=O)/C(CC4CCCC4)=N/OC(C)=O)ccc2n3CC)=CC1C. The first-order valence-electron chi connectivity index (χ1n) is 16.3. The Morgan fingerprint density at radius 2 is 1.63 bits per heavy atom. The highest BCUT2D eigenvalue weighted by Crippen LogP contribution is 2.33. The van der Waals surface area contributed by atoms with Gasteiger partial charge in [0.25, 0.3) is 0 Å². The Kier molecular flexibility index (Phi) is 10.5. The summed E-state index contributed by atoms with van der Waals surface area (Å²) in [5, 5.41) is 5.69. The van der Waals surface area contributed by atoms with E-state index in [0.717, 1.165) is 60.3 Å². The lowest BCUT2D eigenvalue weighted by atomic mass is 9.90. The van der Waals surface area contributed by atoms with Crippen LogP contribution in [0.3, 0.4) is 0 Å². The number of hydrogen-bond acceptors (Lipinski definition) is 8. The summed E-state index contributed by atoms with van der Waals surface area (Å²) in [5.41, 5.74) is 3.63. The van der Waals surface area contributed by atoms with Crippen molar-refractivity contribution in [2.75, 3.05) is 6.61 Å². The van der Waals surface area contributed by atoms with Gasteiger partial charge in [-0.25, -0.2) is 9.59 Å². The number of allylic oxidation sites excluding steroid dienone is 2. The number of ketones is 2. The van der Waals surface area contributed by atoms with Gasteiger partial charge < -0.3 is 18.9 Å². The van der Waals surface area contributed by atoms with Crippen molar-refractivity contribution < 1.29 is 33.5 Å². The van der Waals surface area contributed by atoms with Gasteiger partial charge in [0.2, 0.25) is 5.78 Å². The number of hydrogen-bond donors (Lipinski definition) is 0.